The van der Waals surface area contributed by atoms with E-state index in [0.29, 0.717) is 11.9 Å². The third-order valence-electron chi connectivity index (χ3n) is 1.70. The molecule has 0 atom stereocenters. The minimum absolute atomic E-state index is 0.185. The quantitative estimate of drug-likeness (QED) is 0.666. The van der Waals surface area contributed by atoms with E-state index in [2.05, 4.69) is 4.74 Å². The van der Waals surface area contributed by atoms with E-state index < -0.39 is 6.36 Å². The van der Waals surface area contributed by atoms with Crippen LogP contribution < -0.4 is 4.74 Å². The van der Waals surface area contributed by atoms with Gasteiger partial charge >= 0.3 is 6.36 Å². The maximum Gasteiger partial charge on any atom is 0.573 e. The number of halogens is 3. The van der Waals surface area contributed by atoms with E-state index in [9.17, 15) is 13.2 Å². The lowest BCUT2D eigenvalue weighted by atomic mass is 9.96. The van der Waals surface area contributed by atoms with Crippen LogP contribution in [0.3, 0.4) is 0 Å². The lowest BCUT2D eigenvalue weighted by Crippen LogP contribution is -2.17. The summed E-state index contributed by atoms with van der Waals surface area (Å²) in [5, 5.41) is 0. The van der Waals surface area contributed by atoms with Gasteiger partial charge in [-0.15, -0.1) is 13.2 Å². The molecule has 5 heteroatoms. The molecule has 0 fully saturated rings. The molecule has 0 aromatic heterocycles. The van der Waals surface area contributed by atoms with Crippen molar-refractivity contribution >= 4 is 7.85 Å². The molecule has 1 aromatic carbocycles. The van der Waals surface area contributed by atoms with Gasteiger partial charge in [0.25, 0.3) is 0 Å². The molecular weight excluding hydrogens is 192 g/mol. The zero-order chi connectivity index (χ0) is 10.8. The van der Waals surface area contributed by atoms with Crippen LogP contribution in [0.25, 0.3) is 0 Å². The Kier molecular flexibility index (Phi) is 3.08. The normalized spacial score (nSPS) is 11.4. The molecule has 0 saturated heterocycles. The summed E-state index contributed by atoms with van der Waals surface area (Å²) in [6, 6.07) is 4.35. The number of aryl methyl sites for hydroxylation is 1. The standard InChI is InChI=1S/C9H8BF3O/c1-6-4-7(5-10)2-3-8(6)14-9(11,12)13/h2-4H,5H2,1H3. The molecule has 1 aromatic rings. The van der Waals surface area contributed by atoms with Crippen molar-refractivity contribution in [3.05, 3.63) is 29.3 Å². The molecule has 0 bridgehead atoms. The first-order valence-electron chi connectivity index (χ1n) is 3.98. The molecule has 0 N–H and O–H groups in total. The van der Waals surface area contributed by atoms with Gasteiger partial charge in [0.1, 0.15) is 5.75 Å². The van der Waals surface area contributed by atoms with E-state index in [4.69, 9.17) is 7.85 Å². The van der Waals surface area contributed by atoms with Crippen LogP contribution in [-0.4, -0.2) is 14.2 Å². The second-order valence-corrected chi connectivity index (χ2v) is 2.85. The zero-order valence-corrected chi connectivity index (χ0v) is 7.56. The SMILES string of the molecule is [B]Cc1ccc(OC(F)(F)F)c(C)c1. The first-order valence-corrected chi connectivity index (χ1v) is 3.98. The third kappa shape index (κ3) is 2.98. The van der Waals surface area contributed by atoms with Crippen LogP contribution in [0.15, 0.2) is 18.2 Å². The van der Waals surface area contributed by atoms with Gasteiger partial charge in [0, 0.05) is 0 Å². The summed E-state index contributed by atoms with van der Waals surface area (Å²) in [7, 11) is 5.33. The first-order chi connectivity index (χ1) is 6.42. The summed E-state index contributed by atoms with van der Waals surface area (Å²) < 4.78 is 39.4. The summed E-state index contributed by atoms with van der Waals surface area (Å²) in [5.41, 5.74) is 1.20. The monoisotopic (exact) mass is 200 g/mol. The Morgan fingerprint density at radius 1 is 1.36 bits per heavy atom. The Morgan fingerprint density at radius 2 is 2.00 bits per heavy atom. The highest BCUT2D eigenvalue weighted by Crippen LogP contribution is 2.26. The molecule has 0 spiro atoms. The number of ether oxygens (including phenoxy) is 1. The van der Waals surface area contributed by atoms with E-state index in [1.54, 1.807) is 13.0 Å². The smallest absolute Gasteiger partial charge is 0.406 e. The van der Waals surface area contributed by atoms with Crippen molar-refractivity contribution in [2.24, 2.45) is 0 Å². The van der Waals surface area contributed by atoms with Crippen molar-refractivity contribution in [3.63, 3.8) is 0 Å². The minimum atomic E-state index is -4.64. The molecule has 0 aliphatic carbocycles. The minimum Gasteiger partial charge on any atom is -0.406 e. The summed E-state index contributed by atoms with van der Waals surface area (Å²) in [5.74, 6) is -0.185. The molecule has 0 aliphatic heterocycles. The lowest BCUT2D eigenvalue weighted by Gasteiger charge is -2.11. The maximum atomic E-state index is 11.9. The highest BCUT2D eigenvalue weighted by atomic mass is 19.4. The van der Waals surface area contributed by atoms with Crippen LogP contribution in [0.5, 0.6) is 5.75 Å². The highest BCUT2D eigenvalue weighted by Gasteiger charge is 2.31. The van der Waals surface area contributed by atoms with Crippen molar-refractivity contribution in [3.8, 4) is 5.75 Å². The third-order valence-corrected chi connectivity index (χ3v) is 1.70. The van der Waals surface area contributed by atoms with Crippen molar-refractivity contribution in [2.45, 2.75) is 19.6 Å². The fourth-order valence-corrected chi connectivity index (χ4v) is 1.08. The van der Waals surface area contributed by atoms with Gasteiger partial charge < -0.3 is 4.74 Å². The summed E-state index contributed by atoms with van der Waals surface area (Å²) in [4.78, 5) is 0. The van der Waals surface area contributed by atoms with E-state index in [0.717, 1.165) is 5.56 Å². The number of rotatable bonds is 2. The van der Waals surface area contributed by atoms with Crippen molar-refractivity contribution < 1.29 is 17.9 Å². The molecule has 0 unspecified atom stereocenters. The van der Waals surface area contributed by atoms with E-state index in [1.807, 2.05) is 0 Å². The van der Waals surface area contributed by atoms with Crippen LogP contribution in [-0.2, 0) is 6.32 Å². The van der Waals surface area contributed by atoms with Gasteiger partial charge in [-0.3, -0.25) is 0 Å². The Labute approximate surface area is 81.3 Å². The number of alkyl halides is 3. The molecule has 0 aliphatic rings. The predicted molar refractivity (Wildman–Crippen MR) is 47.3 cm³/mol. The summed E-state index contributed by atoms with van der Waals surface area (Å²) >= 11 is 0. The second-order valence-electron chi connectivity index (χ2n) is 2.85. The molecule has 0 amide bonds. The number of benzene rings is 1. The van der Waals surface area contributed by atoms with Crippen molar-refractivity contribution in [1.82, 2.24) is 0 Å². The van der Waals surface area contributed by atoms with Gasteiger partial charge in [-0.2, -0.15) is 0 Å². The average Bonchev–Trinajstić information content (AvgIpc) is 2.06. The van der Waals surface area contributed by atoms with Gasteiger partial charge in [0.2, 0.25) is 0 Å². The highest BCUT2D eigenvalue weighted by molar-refractivity contribution is 6.08. The van der Waals surface area contributed by atoms with E-state index in [-0.39, 0.29) is 5.75 Å². The van der Waals surface area contributed by atoms with Crippen LogP contribution in [0.4, 0.5) is 13.2 Å². The van der Waals surface area contributed by atoms with Gasteiger partial charge in [-0.05, 0) is 18.6 Å². The molecule has 1 rings (SSSR count). The molecule has 14 heavy (non-hydrogen) atoms. The van der Waals surface area contributed by atoms with Gasteiger partial charge in [0.15, 0.2) is 0 Å². The molecule has 0 saturated carbocycles. The molecule has 1 nitrogen and oxygen atoms in total. The zero-order valence-electron chi connectivity index (χ0n) is 7.56. The number of hydrogen-bond donors (Lipinski definition) is 0. The van der Waals surface area contributed by atoms with Crippen molar-refractivity contribution in [1.29, 1.82) is 0 Å². The fourth-order valence-electron chi connectivity index (χ4n) is 1.08. The van der Waals surface area contributed by atoms with Gasteiger partial charge in [-0.1, -0.05) is 24.0 Å². The van der Waals surface area contributed by atoms with E-state index in [1.165, 1.54) is 12.1 Å². The average molecular weight is 200 g/mol. The maximum absolute atomic E-state index is 11.9. The van der Waals surface area contributed by atoms with E-state index >= 15 is 0 Å². The molecule has 74 valence electrons. The Balaban J connectivity index is 2.89. The van der Waals surface area contributed by atoms with Crippen LogP contribution in [0.2, 0.25) is 0 Å². The largest absolute Gasteiger partial charge is 0.573 e. The lowest BCUT2D eigenvalue weighted by molar-refractivity contribution is -0.274. The number of hydrogen-bond acceptors (Lipinski definition) is 1. The first kappa shape index (κ1) is 11.0. The van der Waals surface area contributed by atoms with Crippen LogP contribution in [0.1, 0.15) is 11.1 Å². The Hall–Kier alpha value is -1.13. The van der Waals surface area contributed by atoms with Gasteiger partial charge in [-0.25, -0.2) is 0 Å². The Morgan fingerprint density at radius 3 is 2.43 bits per heavy atom. The van der Waals surface area contributed by atoms with Crippen LogP contribution >= 0.6 is 0 Å². The summed E-state index contributed by atoms with van der Waals surface area (Å²) in [6.07, 6.45) is -4.35. The molecular formula is C9H8BF3O. The molecule has 2 radical (unpaired) electrons. The fraction of sp³-hybridized carbons (Fsp3) is 0.333. The Bertz CT molecular complexity index is 322. The molecule has 0 heterocycles. The predicted octanol–water partition coefficient (Wildman–Crippen LogP) is 2.56. The van der Waals surface area contributed by atoms with Crippen LogP contribution in [0, 0.1) is 6.92 Å². The second kappa shape index (κ2) is 3.94. The van der Waals surface area contributed by atoms with Crippen molar-refractivity contribution in [2.75, 3.05) is 0 Å². The summed E-state index contributed by atoms with van der Waals surface area (Å²) in [6.45, 7) is 1.54. The van der Waals surface area contributed by atoms with Gasteiger partial charge in [0.05, 0.1) is 7.85 Å². The topological polar surface area (TPSA) is 9.23 Å².